The first kappa shape index (κ1) is 18.6. The maximum absolute atomic E-state index is 12.5. The average Bonchev–Trinajstić information content (AvgIpc) is 3.38. The summed E-state index contributed by atoms with van der Waals surface area (Å²) in [5.74, 6) is -1.14. The van der Waals surface area contributed by atoms with E-state index in [4.69, 9.17) is 0 Å². The summed E-state index contributed by atoms with van der Waals surface area (Å²) in [4.78, 5) is 6.08. The van der Waals surface area contributed by atoms with Crippen LogP contribution in [0.4, 0.5) is 13.2 Å². The van der Waals surface area contributed by atoms with Crippen LogP contribution in [-0.2, 0) is 12.7 Å². The summed E-state index contributed by atoms with van der Waals surface area (Å²) < 4.78 is 42.1. The number of allylic oxidation sites excluding steroid dienone is 4. The van der Waals surface area contributed by atoms with Gasteiger partial charge >= 0.3 is 12.1 Å². The highest BCUT2D eigenvalue weighted by Crippen LogP contribution is 2.29. The third-order valence-electron chi connectivity index (χ3n) is 3.23. The molecule has 0 saturated heterocycles. The molecule has 0 radical (unpaired) electrons. The lowest BCUT2D eigenvalue weighted by Gasteiger charge is -1.99. The van der Waals surface area contributed by atoms with Crippen molar-refractivity contribution in [2.24, 2.45) is 4.99 Å². The first-order valence-corrected chi connectivity index (χ1v) is 8.31. The number of tetrazole rings is 1. The van der Waals surface area contributed by atoms with Gasteiger partial charge in [0.25, 0.3) is 0 Å². The summed E-state index contributed by atoms with van der Waals surface area (Å²) in [6.45, 7) is 5.19. The molecule has 0 aliphatic carbocycles. The smallest absolute Gasteiger partial charge is 0.413 e. The Morgan fingerprint density at radius 2 is 2.15 bits per heavy atom. The Morgan fingerprint density at radius 3 is 2.78 bits per heavy atom. The van der Waals surface area contributed by atoms with E-state index in [1.807, 2.05) is 17.5 Å². The quantitative estimate of drug-likeness (QED) is 0.468. The number of hydrogen-bond donors (Lipinski definition) is 0. The van der Waals surface area contributed by atoms with Crippen LogP contribution < -0.4 is 0 Å². The van der Waals surface area contributed by atoms with Crippen LogP contribution in [-0.4, -0.2) is 37.1 Å². The third-order valence-corrected chi connectivity index (χ3v) is 4.10. The first-order chi connectivity index (χ1) is 12.9. The highest BCUT2D eigenvalue weighted by molar-refractivity contribution is 7.13. The van der Waals surface area contributed by atoms with E-state index in [9.17, 15) is 13.2 Å². The van der Waals surface area contributed by atoms with Gasteiger partial charge in [-0.15, -0.1) is 31.7 Å². The van der Waals surface area contributed by atoms with Gasteiger partial charge in [-0.25, -0.2) is 0 Å². The zero-order chi connectivity index (χ0) is 19.4. The lowest BCUT2D eigenvalue weighted by atomic mass is 10.2. The van der Waals surface area contributed by atoms with E-state index in [0.717, 1.165) is 4.88 Å². The number of halogens is 3. The van der Waals surface area contributed by atoms with E-state index in [1.165, 1.54) is 29.1 Å². The molecule has 0 atom stereocenters. The second kappa shape index (κ2) is 7.61. The van der Waals surface area contributed by atoms with Crippen molar-refractivity contribution in [1.29, 1.82) is 0 Å². The van der Waals surface area contributed by atoms with Crippen molar-refractivity contribution in [1.82, 2.24) is 30.4 Å². The summed E-state index contributed by atoms with van der Waals surface area (Å²) in [6.07, 6.45) is -1.64. The minimum absolute atomic E-state index is 0.184. The molecule has 0 amide bonds. The molecule has 8 nitrogen and oxygen atoms in total. The predicted molar refractivity (Wildman–Crippen MR) is 91.7 cm³/mol. The van der Waals surface area contributed by atoms with Crippen LogP contribution in [0.5, 0.6) is 0 Å². The fourth-order valence-corrected chi connectivity index (χ4v) is 2.55. The molecule has 0 bridgehead atoms. The van der Waals surface area contributed by atoms with Crippen LogP contribution in [0.25, 0.3) is 16.3 Å². The third kappa shape index (κ3) is 4.53. The maximum atomic E-state index is 12.5. The Kier molecular flexibility index (Phi) is 5.26. The van der Waals surface area contributed by atoms with Crippen LogP contribution in [0.15, 0.2) is 44.8 Å². The molecular weight excluding hydrogens is 383 g/mol. The Labute approximate surface area is 154 Å². The van der Waals surface area contributed by atoms with E-state index >= 15 is 0 Å². The van der Waals surface area contributed by atoms with E-state index in [2.05, 4.69) is 41.7 Å². The molecule has 0 N–H and O–H groups in total. The normalized spacial score (nSPS) is 13.2. The Bertz CT molecular complexity index is 985. The fraction of sp³-hybridized carbons (Fsp3) is 0.200. The van der Waals surface area contributed by atoms with Gasteiger partial charge in [0, 0.05) is 5.57 Å². The van der Waals surface area contributed by atoms with Gasteiger partial charge in [0.15, 0.2) is 0 Å². The second-order valence-corrected chi connectivity index (χ2v) is 6.14. The molecule has 27 heavy (non-hydrogen) atoms. The van der Waals surface area contributed by atoms with Gasteiger partial charge in [0.2, 0.25) is 11.7 Å². The van der Waals surface area contributed by atoms with Crippen molar-refractivity contribution in [3.05, 3.63) is 47.1 Å². The summed E-state index contributed by atoms with van der Waals surface area (Å²) in [7, 11) is 0. The van der Waals surface area contributed by atoms with E-state index in [-0.39, 0.29) is 12.4 Å². The number of nitrogens with zero attached hydrogens (tertiary/aromatic N) is 7. The zero-order valence-electron chi connectivity index (χ0n) is 13.9. The molecule has 3 heterocycles. The maximum Gasteiger partial charge on any atom is 0.470 e. The van der Waals surface area contributed by atoms with Crippen molar-refractivity contribution in [2.45, 2.75) is 19.6 Å². The fourth-order valence-electron chi connectivity index (χ4n) is 1.90. The van der Waals surface area contributed by atoms with Crippen LogP contribution in [0.1, 0.15) is 18.7 Å². The molecule has 0 spiro atoms. The SMILES string of the molecule is C=N/C(=C\C=C(/C)c1nnc(C(F)(F)F)o1)Cn1nnc(-c2cccs2)n1. The highest BCUT2D eigenvalue weighted by atomic mass is 32.1. The van der Waals surface area contributed by atoms with Crippen molar-refractivity contribution < 1.29 is 17.6 Å². The van der Waals surface area contributed by atoms with Crippen molar-refractivity contribution in [2.75, 3.05) is 0 Å². The molecule has 140 valence electrons. The molecule has 3 aromatic heterocycles. The molecule has 3 rings (SSSR count). The van der Waals surface area contributed by atoms with Crippen molar-refractivity contribution >= 4 is 23.6 Å². The Hall–Kier alpha value is -3.15. The van der Waals surface area contributed by atoms with Crippen LogP contribution in [0.3, 0.4) is 0 Å². The molecule has 0 aliphatic heterocycles. The van der Waals surface area contributed by atoms with E-state index < -0.39 is 12.1 Å². The van der Waals surface area contributed by atoms with Crippen molar-refractivity contribution in [3.8, 4) is 10.7 Å². The van der Waals surface area contributed by atoms with Gasteiger partial charge in [-0.05, 0) is 36.4 Å². The molecule has 3 aromatic rings. The van der Waals surface area contributed by atoms with Crippen LogP contribution >= 0.6 is 11.3 Å². The monoisotopic (exact) mass is 395 g/mol. The second-order valence-electron chi connectivity index (χ2n) is 5.20. The van der Waals surface area contributed by atoms with Gasteiger partial charge in [-0.3, -0.25) is 4.99 Å². The van der Waals surface area contributed by atoms with Gasteiger partial charge in [0.1, 0.15) is 6.54 Å². The minimum Gasteiger partial charge on any atom is -0.413 e. The number of aliphatic imine (C=N–C) groups is 1. The topological polar surface area (TPSA) is 94.9 Å². The zero-order valence-corrected chi connectivity index (χ0v) is 14.7. The molecule has 0 fully saturated rings. The molecule has 0 saturated carbocycles. The van der Waals surface area contributed by atoms with Crippen LogP contribution in [0, 0.1) is 0 Å². The number of hydrogen-bond acceptors (Lipinski definition) is 8. The Morgan fingerprint density at radius 1 is 1.33 bits per heavy atom. The Balaban J connectivity index is 1.73. The number of thiophene rings is 1. The van der Waals surface area contributed by atoms with Gasteiger partial charge in [0.05, 0.1) is 10.6 Å². The van der Waals surface area contributed by atoms with E-state index in [1.54, 1.807) is 6.08 Å². The molecule has 12 heteroatoms. The average molecular weight is 395 g/mol. The molecule has 0 aliphatic rings. The van der Waals surface area contributed by atoms with E-state index in [0.29, 0.717) is 17.1 Å². The lowest BCUT2D eigenvalue weighted by Crippen LogP contribution is -2.04. The lowest BCUT2D eigenvalue weighted by molar-refractivity contribution is -0.157. The predicted octanol–water partition coefficient (Wildman–Crippen LogP) is 3.49. The summed E-state index contributed by atoms with van der Waals surface area (Å²) in [5, 5.41) is 20.4. The minimum atomic E-state index is -4.69. The summed E-state index contributed by atoms with van der Waals surface area (Å²) >= 11 is 1.49. The summed E-state index contributed by atoms with van der Waals surface area (Å²) in [6, 6.07) is 3.76. The van der Waals surface area contributed by atoms with Crippen LogP contribution in [0.2, 0.25) is 0 Å². The van der Waals surface area contributed by atoms with Gasteiger partial charge in [-0.1, -0.05) is 12.1 Å². The number of alkyl halides is 3. The van der Waals surface area contributed by atoms with Gasteiger partial charge in [-0.2, -0.15) is 18.0 Å². The first-order valence-electron chi connectivity index (χ1n) is 7.44. The highest BCUT2D eigenvalue weighted by Gasteiger charge is 2.38. The molecule has 0 unspecified atom stereocenters. The molecular formula is C15H12F3N7OS. The van der Waals surface area contributed by atoms with Crippen molar-refractivity contribution in [3.63, 3.8) is 0 Å². The standard InChI is InChI=1S/C15H12F3N7OS/c1-9(13-21-22-14(26-13)15(16,17)18)5-6-10(19-2)8-25-23-12(20-24-25)11-4-3-7-27-11/h3-7H,2,8H2,1H3/b9-5+,10-6-. The number of rotatable bonds is 6. The largest absolute Gasteiger partial charge is 0.470 e. The van der Waals surface area contributed by atoms with Gasteiger partial charge < -0.3 is 4.42 Å². The molecule has 0 aromatic carbocycles. The number of aromatic nitrogens is 6. The summed E-state index contributed by atoms with van der Waals surface area (Å²) in [5.41, 5.74) is 0.810.